The van der Waals surface area contributed by atoms with E-state index in [2.05, 4.69) is 5.32 Å². The van der Waals surface area contributed by atoms with Crippen LogP contribution in [0.15, 0.2) is 18.2 Å². The zero-order valence-electron chi connectivity index (χ0n) is 14.6. The highest BCUT2D eigenvalue weighted by atomic mass is 16.5. The summed E-state index contributed by atoms with van der Waals surface area (Å²) in [5, 5.41) is 2.63. The third-order valence-electron chi connectivity index (χ3n) is 3.89. The van der Waals surface area contributed by atoms with E-state index in [4.69, 9.17) is 4.74 Å². The lowest BCUT2D eigenvalue weighted by Crippen LogP contribution is -2.37. The highest BCUT2D eigenvalue weighted by Gasteiger charge is 2.35. The van der Waals surface area contributed by atoms with E-state index >= 15 is 0 Å². The second-order valence-corrected chi connectivity index (χ2v) is 5.98. The molecule has 25 heavy (non-hydrogen) atoms. The summed E-state index contributed by atoms with van der Waals surface area (Å²) >= 11 is 0. The molecular formula is C18H22N2O5. The van der Waals surface area contributed by atoms with Crippen LogP contribution in [0.5, 0.6) is 0 Å². The first-order valence-electron chi connectivity index (χ1n) is 8.29. The summed E-state index contributed by atoms with van der Waals surface area (Å²) in [6.07, 6.45) is -0.287. The molecule has 2 rings (SSSR count). The highest BCUT2D eigenvalue weighted by molar-refractivity contribution is 6.21. The van der Waals surface area contributed by atoms with Gasteiger partial charge in [0.25, 0.3) is 17.7 Å². The second kappa shape index (κ2) is 7.92. The number of benzene rings is 1. The van der Waals surface area contributed by atoms with E-state index in [1.165, 1.54) is 6.92 Å². The predicted octanol–water partition coefficient (Wildman–Crippen LogP) is 1.44. The van der Waals surface area contributed by atoms with Crippen molar-refractivity contribution < 1.29 is 23.9 Å². The van der Waals surface area contributed by atoms with Gasteiger partial charge in [-0.05, 0) is 32.4 Å². The molecule has 0 fully saturated rings. The van der Waals surface area contributed by atoms with Crippen LogP contribution in [0.3, 0.4) is 0 Å². The Morgan fingerprint density at radius 1 is 1.20 bits per heavy atom. The average Bonchev–Trinajstić information content (AvgIpc) is 2.81. The number of carbonyl (C=O) groups excluding carboxylic acids is 4. The minimum atomic E-state index is -0.913. The number of hydrogen-bond donors (Lipinski definition) is 1. The summed E-state index contributed by atoms with van der Waals surface area (Å²) in [6, 6.07) is 5.04. The van der Waals surface area contributed by atoms with Crippen LogP contribution in [0.4, 0.5) is 0 Å². The molecule has 3 amide bonds. The Kier molecular flexibility index (Phi) is 5.90. The predicted molar refractivity (Wildman–Crippen MR) is 90.0 cm³/mol. The maximum atomic E-state index is 12.3. The fraction of sp³-hybridized carbons (Fsp3) is 0.444. The number of nitrogens with zero attached hydrogens (tertiary/aromatic N) is 1. The van der Waals surface area contributed by atoms with Crippen LogP contribution in [0.1, 0.15) is 53.0 Å². The van der Waals surface area contributed by atoms with Crippen molar-refractivity contribution in [1.82, 2.24) is 10.2 Å². The minimum absolute atomic E-state index is 0.0759. The average molecular weight is 346 g/mol. The summed E-state index contributed by atoms with van der Waals surface area (Å²) in [6.45, 7) is 5.67. The molecule has 1 aromatic rings. The van der Waals surface area contributed by atoms with Gasteiger partial charge in [-0.25, -0.2) is 0 Å². The maximum absolute atomic E-state index is 12.3. The second-order valence-electron chi connectivity index (χ2n) is 5.98. The lowest BCUT2D eigenvalue weighted by Gasteiger charge is -2.15. The monoisotopic (exact) mass is 346 g/mol. The lowest BCUT2D eigenvalue weighted by molar-refractivity contribution is -0.154. The van der Waals surface area contributed by atoms with E-state index in [1.54, 1.807) is 18.2 Å². The number of aryl methyl sites for hydroxylation is 1. The van der Waals surface area contributed by atoms with Crippen LogP contribution in [-0.2, 0) is 14.3 Å². The number of hydrogen-bond acceptors (Lipinski definition) is 5. The van der Waals surface area contributed by atoms with E-state index in [9.17, 15) is 19.2 Å². The molecule has 1 heterocycles. The Morgan fingerprint density at radius 2 is 1.88 bits per heavy atom. The first-order valence-corrected chi connectivity index (χ1v) is 8.29. The van der Waals surface area contributed by atoms with Crippen molar-refractivity contribution in [1.29, 1.82) is 0 Å². The molecule has 1 aliphatic heterocycles. The number of rotatable bonds is 7. The SMILES string of the molecule is CCCNC(=O)C(C)OC(=O)CCN1C(=O)c2ccc(C)cc2C1=O. The molecule has 0 aromatic heterocycles. The van der Waals surface area contributed by atoms with Gasteiger partial charge in [0.1, 0.15) is 0 Å². The van der Waals surface area contributed by atoms with Crippen molar-refractivity contribution in [3.8, 4) is 0 Å². The Labute approximate surface area is 146 Å². The Bertz CT molecular complexity index is 713. The molecule has 134 valence electrons. The van der Waals surface area contributed by atoms with E-state index < -0.39 is 23.9 Å². The van der Waals surface area contributed by atoms with E-state index in [0.717, 1.165) is 16.9 Å². The van der Waals surface area contributed by atoms with Crippen molar-refractivity contribution in [3.63, 3.8) is 0 Å². The van der Waals surface area contributed by atoms with Crippen LogP contribution in [0, 0.1) is 6.92 Å². The van der Waals surface area contributed by atoms with Crippen LogP contribution < -0.4 is 5.32 Å². The third-order valence-corrected chi connectivity index (χ3v) is 3.89. The summed E-state index contributed by atoms with van der Waals surface area (Å²) in [5.74, 6) is -1.83. The van der Waals surface area contributed by atoms with Crippen LogP contribution >= 0.6 is 0 Å². The largest absolute Gasteiger partial charge is 0.452 e. The number of ether oxygens (including phenoxy) is 1. The van der Waals surface area contributed by atoms with Crippen molar-refractivity contribution >= 4 is 23.7 Å². The van der Waals surface area contributed by atoms with E-state index in [-0.39, 0.29) is 18.9 Å². The third kappa shape index (κ3) is 4.23. The van der Waals surface area contributed by atoms with Gasteiger partial charge in [0, 0.05) is 13.1 Å². The summed E-state index contributed by atoms with van der Waals surface area (Å²) < 4.78 is 5.04. The normalized spacial score (nSPS) is 14.3. The molecule has 0 spiro atoms. The molecule has 0 aliphatic carbocycles. The maximum Gasteiger partial charge on any atom is 0.308 e. The Balaban J connectivity index is 1.89. The summed E-state index contributed by atoms with van der Waals surface area (Å²) in [4.78, 5) is 49.2. The molecule has 7 heteroatoms. The number of esters is 1. The van der Waals surface area contributed by atoms with Gasteiger partial charge in [-0.1, -0.05) is 18.6 Å². The molecular weight excluding hydrogens is 324 g/mol. The zero-order chi connectivity index (χ0) is 18.6. The van der Waals surface area contributed by atoms with Gasteiger partial charge in [0.2, 0.25) is 0 Å². The standard InChI is InChI=1S/C18H22N2O5/c1-4-8-19-16(22)12(3)25-15(21)7-9-20-17(23)13-6-5-11(2)10-14(13)18(20)24/h5-6,10,12H,4,7-9H2,1-3H3,(H,19,22). The lowest BCUT2D eigenvalue weighted by atomic mass is 10.1. The molecule has 0 bridgehead atoms. The van der Waals surface area contributed by atoms with Crippen LogP contribution in [0.2, 0.25) is 0 Å². The minimum Gasteiger partial charge on any atom is -0.452 e. The topological polar surface area (TPSA) is 92.8 Å². The molecule has 1 N–H and O–H groups in total. The number of amides is 3. The Hall–Kier alpha value is -2.70. The Morgan fingerprint density at radius 3 is 2.56 bits per heavy atom. The molecule has 0 saturated heterocycles. The van der Waals surface area contributed by atoms with Gasteiger partial charge < -0.3 is 10.1 Å². The first-order chi connectivity index (χ1) is 11.8. The molecule has 0 radical (unpaired) electrons. The molecule has 1 aliphatic rings. The summed E-state index contributed by atoms with van der Waals surface area (Å²) in [7, 11) is 0. The van der Waals surface area contributed by atoms with Crippen molar-refractivity contribution in [3.05, 3.63) is 34.9 Å². The van der Waals surface area contributed by atoms with Gasteiger partial charge in [0.15, 0.2) is 6.10 Å². The quantitative estimate of drug-likeness (QED) is 0.596. The van der Waals surface area contributed by atoms with E-state index in [1.807, 2.05) is 13.8 Å². The fourth-order valence-electron chi connectivity index (χ4n) is 2.51. The van der Waals surface area contributed by atoms with Crippen molar-refractivity contribution in [2.75, 3.05) is 13.1 Å². The highest BCUT2D eigenvalue weighted by Crippen LogP contribution is 2.24. The number of fused-ring (bicyclic) bond motifs is 1. The van der Waals surface area contributed by atoms with Crippen molar-refractivity contribution in [2.24, 2.45) is 0 Å². The molecule has 1 unspecified atom stereocenters. The first kappa shape index (κ1) is 18.6. The zero-order valence-corrected chi connectivity index (χ0v) is 14.6. The van der Waals surface area contributed by atoms with Gasteiger partial charge >= 0.3 is 5.97 Å². The van der Waals surface area contributed by atoms with E-state index in [0.29, 0.717) is 17.7 Å². The van der Waals surface area contributed by atoms with Crippen molar-refractivity contribution in [2.45, 2.75) is 39.7 Å². The molecule has 7 nitrogen and oxygen atoms in total. The van der Waals surface area contributed by atoms with Gasteiger partial charge in [0.05, 0.1) is 17.5 Å². The molecule has 0 saturated carbocycles. The van der Waals surface area contributed by atoms with Crippen LogP contribution in [0.25, 0.3) is 0 Å². The fourth-order valence-corrected chi connectivity index (χ4v) is 2.51. The van der Waals surface area contributed by atoms with Gasteiger partial charge in [-0.15, -0.1) is 0 Å². The summed E-state index contributed by atoms with van der Waals surface area (Å²) in [5.41, 5.74) is 1.58. The molecule has 1 aromatic carbocycles. The van der Waals surface area contributed by atoms with Gasteiger partial charge in [-0.3, -0.25) is 24.1 Å². The number of imide groups is 1. The smallest absolute Gasteiger partial charge is 0.308 e. The number of nitrogens with one attached hydrogen (secondary N) is 1. The van der Waals surface area contributed by atoms with Gasteiger partial charge in [-0.2, -0.15) is 0 Å². The molecule has 1 atom stereocenters. The van der Waals surface area contributed by atoms with Crippen LogP contribution in [-0.4, -0.2) is 47.8 Å². The number of carbonyl (C=O) groups is 4.